The third-order valence-corrected chi connectivity index (χ3v) is 5.01. The summed E-state index contributed by atoms with van der Waals surface area (Å²) in [6, 6.07) is 5.63. The van der Waals surface area contributed by atoms with E-state index >= 15 is 0 Å². The van der Waals surface area contributed by atoms with Crippen molar-refractivity contribution in [3.8, 4) is 0 Å². The van der Waals surface area contributed by atoms with Gasteiger partial charge in [0.2, 0.25) is 0 Å². The van der Waals surface area contributed by atoms with Crippen LogP contribution in [0.2, 0.25) is 0 Å². The molecule has 1 aromatic carbocycles. The Hall–Kier alpha value is -1.00. The number of halogens is 1. The van der Waals surface area contributed by atoms with E-state index in [9.17, 15) is 4.39 Å². The zero-order valence-electron chi connectivity index (χ0n) is 12.9. The number of thiocarbonyl (C=S) groups is 1. The van der Waals surface area contributed by atoms with Crippen molar-refractivity contribution in [1.29, 1.82) is 0 Å². The second-order valence-corrected chi connectivity index (χ2v) is 6.61. The average molecular weight is 308 g/mol. The van der Waals surface area contributed by atoms with Gasteiger partial charge in [0, 0.05) is 23.7 Å². The van der Waals surface area contributed by atoms with Crippen LogP contribution in [0.25, 0.3) is 0 Å². The number of rotatable bonds is 5. The molecular formula is C17H25FN2S. The van der Waals surface area contributed by atoms with Gasteiger partial charge in [-0.2, -0.15) is 0 Å². The van der Waals surface area contributed by atoms with Crippen LogP contribution in [0.15, 0.2) is 18.2 Å². The molecule has 0 radical (unpaired) electrons. The molecule has 1 aromatic rings. The van der Waals surface area contributed by atoms with Gasteiger partial charge in [0.15, 0.2) is 0 Å². The molecular weight excluding hydrogens is 283 g/mol. The van der Waals surface area contributed by atoms with E-state index in [4.69, 9.17) is 18.0 Å². The first kappa shape index (κ1) is 16.4. The second-order valence-electron chi connectivity index (χ2n) is 6.17. The van der Waals surface area contributed by atoms with E-state index in [-0.39, 0.29) is 10.8 Å². The largest absolute Gasteiger partial charge is 0.389 e. The molecule has 116 valence electrons. The molecule has 21 heavy (non-hydrogen) atoms. The van der Waals surface area contributed by atoms with Crippen molar-refractivity contribution in [2.75, 3.05) is 7.05 Å². The number of benzene rings is 1. The van der Waals surface area contributed by atoms with Crippen LogP contribution >= 0.6 is 12.2 Å². The molecule has 1 aliphatic carbocycles. The molecule has 4 heteroatoms. The molecule has 0 aromatic heterocycles. The summed E-state index contributed by atoms with van der Waals surface area (Å²) in [5.41, 5.74) is 6.84. The van der Waals surface area contributed by atoms with Crippen molar-refractivity contribution in [3.05, 3.63) is 35.1 Å². The van der Waals surface area contributed by atoms with Crippen LogP contribution in [-0.2, 0) is 6.54 Å². The maximum atomic E-state index is 14.1. The predicted octanol–water partition coefficient (Wildman–Crippen LogP) is 3.86. The number of nitrogens with two attached hydrogens (primary N) is 1. The number of hydrogen-bond acceptors (Lipinski definition) is 2. The summed E-state index contributed by atoms with van der Waals surface area (Å²) in [6.07, 6.45) is 6.33. The zero-order valence-corrected chi connectivity index (χ0v) is 13.8. The fourth-order valence-corrected chi connectivity index (χ4v) is 3.35. The van der Waals surface area contributed by atoms with Gasteiger partial charge < -0.3 is 5.73 Å². The van der Waals surface area contributed by atoms with E-state index in [1.165, 1.54) is 38.2 Å². The Morgan fingerprint density at radius 3 is 2.52 bits per heavy atom. The van der Waals surface area contributed by atoms with Gasteiger partial charge in [-0.05, 0) is 44.7 Å². The highest BCUT2D eigenvalue weighted by atomic mass is 32.1. The minimum atomic E-state index is -0.214. The third-order valence-electron chi connectivity index (χ3n) is 4.77. The van der Waals surface area contributed by atoms with E-state index in [1.54, 1.807) is 6.07 Å². The Kier molecular flexibility index (Phi) is 5.71. The van der Waals surface area contributed by atoms with Crippen molar-refractivity contribution in [3.63, 3.8) is 0 Å². The van der Waals surface area contributed by atoms with Crippen LogP contribution in [0.4, 0.5) is 4.39 Å². The van der Waals surface area contributed by atoms with Crippen LogP contribution in [-0.4, -0.2) is 23.0 Å². The van der Waals surface area contributed by atoms with E-state index in [0.29, 0.717) is 18.2 Å². The van der Waals surface area contributed by atoms with Gasteiger partial charge in [0.25, 0.3) is 0 Å². The molecule has 1 fully saturated rings. The Morgan fingerprint density at radius 2 is 2.00 bits per heavy atom. The second kappa shape index (κ2) is 7.32. The highest BCUT2D eigenvalue weighted by molar-refractivity contribution is 7.80. The third kappa shape index (κ3) is 4.24. The smallest absolute Gasteiger partial charge is 0.128 e. The minimum Gasteiger partial charge on any atom is -0.389 e. The first-order valence-corrected chi connectivity index (χ1v) is 8.20. The highest BCUT2D eigenvalue weighted by Gasteiger charge is 2.23. The predicted molar refractivity (Wildman–Crippen MR) is 89.8 cm³/mol. The molecule has 0 unspecified atom stereocenters. The Labute approximate surface area is 132 Å². The average Bonchev–Trinajstić information content (AvgIpc) is 2.49. The fourth-order valence-electron chi connectivity index (χ4n) is 3.22. The molecule has 0 saturated heterocycles. The van der Waals surface area contributed by atoms with Crippen LogP contribution in [0.1, 0.15) is 50.2 Å². The Balaban J connectivity index is 1.96. The summed E-state index contributed by atoms with van der Waals surface area (Å²) >= 11 is 4.88. The van der Waals surface area contributed by atoms with Crippen molar-refractivity contribution in [2.45, 2.75) is 51.6 Å². The lowest BCUT2D eigenvalue weighted by Gasteiger charge is -2.34. The van der Waals surface area contributed by atoms with Crippen LogP contribution in [0, 0.1) is 11.7 Å². The van der Waals surface area contributed by atoms with Crippen molar-refractivity contribution < 1.29 is 4.39 Å². The van der Waals surface area contributed by atoms with Gasteiger partial charge >= 0.3 is 0 Å². The van der Waals surface area contributed by atoms with Crippen molar-refractivity contribution in [1.82, 2.24) is 4.90 Å². The lowest BCUT2D eigenvalue weighted by molar-refractivity contribution is 0.156. The van der Waals surface area contributed by atoms with E-state index in [2.05, 4.69) is 18.9 Å². The molecule has 0 amide bonds. The molecule has 0 bridgehead atoms. The van der Waals surface area contributed by atoms with Gasteiger partial charge in [0.1, 0.15) is 10.8 Å². The van der Waals surface area contributed by atoms with Gasteiger partial charge in [0.05, 0.1) is 0 Å². The highest BCUT2D eigenvalue weighted by Crippen LogP contribution is 2.29. The summed E-state index contributed by atoms with van der Waals surface area (Å²) in [7, 11) is 2.10. The SMILES string of the molecule is CCC1CCC(N(C)Cc2ccc(C(N)=S)cc2F)CC1. The fraction of sp³-hybridized carbons (Fsp3) is 0.588. The van der Waals surface area contributed by atoms with E-state index in [1.807, 2.05) is 6.07 Å². The number of nitrogens with zero attached hydrogens (tertiary/aromatic N) is 1. The molecule has 2 nitrogen and oxygen atoms in total. The monoisotopic (exact) mass is 308 g/mol. The quantitative estimate of drug-likeness (QED) is 0.838. The maximum Gasteiger partial charge on any atom is 0.128 e. The summed E-state index contributed by atoms with van der Waals surface area (Å²) in [6.45, 7) is 2.92. The van der Waals surface area contributed by atoms with Gasteiger partial charge in [-0.15, -0.1) is 0 Å². The molecule has 0 atom stereocenters. The van der Waals surface area contributed by atoms with Gasteiger partial charge in [-0.1, -0.05) is 37.7 Å². The lowest BCUT2D eigenvalue weighted by atomic mass is 9.84. The summed E-state index contributed by atoms with van der Waals surface area (Å²) in [5, 5.41) is 0. The van der Waals surface area contributed by atoms with Gasteiger partial charge in [-0.25, -0.2) is 4.39 Å². The molecule has 1 aliphatic rings. The van der Waals surface area contributed by atoms with Crippen LogP contribution in [0.5, 0.6) is 0 Å². The first-order valence-electron chi connectivity index (χ1n) is 7.79. The molecule has 0 heterocycles. The van der Waals surface area contributed by atoms with E-state index < -0.39 is 0 Å². The molecule has 0 spiro atoms. The summed E-state index contributed by atoms with van der Waals surface area (Å²) in [5.74, 6) is 0.672. The Morgan fingerprint density at radius 1 is 1.33 bits per heavy atom. The van der Waals surface area contributed by atoms with Gasteiger partial charge in [-0.3, -0.25) is 4.90 Å². The molecule has 0 aliphatic heterocycles. The molecule has 2 rings (SSSR count). The minimum absolute atomic E-state index is 0.214. The standard InChI is InChI=1S/C17H25FN2S/c1-3-12-4-8-15(9-5-12)20(2)11-14-7-6-13(17(19)21)10-16(14)18/h6-7,10,12,15H,3-5,8-9,11H2,1-2H3,(H2,19,21). The normalized spacial score (nSPS) is 22.5. The molecule has 2 N–H and O–H groups in total. The van der Waals surface area contributed by atoms with Crippen LogP contribution in [0.3, 0.4) is 0 Å². The first-order chi connectivity index (χ1) is 10.0. The zero-order chi connectivity index (χ0) is 15.4. The lowest BCUT2D eigenvalue weighted by Crippen LogP contribution is -2.34. The maximum absolute atomic E-state index is 14.1. The topological polar surface area (TPSA) is 29.3 Å². The molecule has 1 saturated carbocycles. The summed E-state index contributed by atoms with van der Waals surface area (Å²) < 4.78 is 14.1. The number of hydrogen-bond donors (Lipinski definition) is 1. The van der Waals surface area contributed by atoms with Crippen LogP contribution < -0.4 is 5.73 Å². The van der Waals surface area contributed by atoms with E-state index in [0.717, 1.165) is 11.5 Å². The summed E-state index contributed by atoms with van der Waals surface area (Å²) in [4.78, 5) is 2.52. The Bertz CT molecular complexity index is 496. The van der Waals surface area contributed by atoms with Crippen molar-refractivity contribution >= 4 is 17.2 Å². The van der Waals surface area contributed by atoms with Crippen molar-refractivity contribution in [2.24, 2.45) is 11.7 Å².